The van der Waals surface area contributed by atoms with E-state index in [0.717, 1.165) is 42.6 Å². The smallest absolute Gasteiger partial charge is 0.325 e. The zero-order valence-electron chi connectivity index (χ0n) is 13.0. The van der Waals surface area contributed by atoms with Gasteiger partial charge in [0.15, 0.2) is 0 Å². The van der Waals surface area contributed by atoms with Crippen molar-refractivity contribution in [2.45, 2.75) is 37.6 Å². The first kappa shape index (κ1) is 15.8. The molecule has 120 valence electrons. The number of aromatic amines is 1. The van der Waals surface area contributed by atoms with E-state index in [1.165, 1.54) is 17.3 Å². The van der Waals surface area contributed by atoms with Crippen LogP contribution in [0.25, 0.3) is 0 Å². The van der Waals surface area contributed by atoms with Crippen LogP contribution in [0.5, 0.6) is 0 Å². The number of aromatic nitrogens is 2. The van der Waals surface area contributed by atoms with Gasteiger partial charge >= 0.3 is 5.69 Å². The van der Waals surface area contributed by atoms with Crippen molar-refractivity contribution >= 4 is 23.4 Å². The number of rotatable bonds is 5. The van der Waals surface area contributed by atoms with Crippen LogP contribution in [-0.2, 0) is 24.1 Å². The van der Waals surface area contributed by atoms with Crippen molar-refractivity contribution in [3.63, 3.8) is 0 Å². The van der Waals surface area contributed by atoms with Gasteiger partial charge in [-0.1, -0.05) is 30.8 Å². The molecule has 2 aromatic rings. The standard InChI is InChI=1S/C17H19N3O2S/c1-2-11-6-8-12(9-7-11)18-15(21)10-23-16-13-4-3-5-14(13)19-17(22)20-16/h6-9H,2-5,10H2,1H3,(H,18,21)(H,19,20,22). The zero-order valence-corrected chi connectivity index (χ0v) is 13.8. The molecule has 5 nitrogen and oxygen atoms in total. The number of amides is 1. The number of benzene rings is 1. The van der Waals surface area contributed by atoms with E-state index >= 15 is 0 Å². The molecule has 1 aromatic heterocycles. The van der Waals surface area contributed by atoms with E-state index in [9.17, 15) is 9.59 Å². The highest BCUT2D eigenvalue weighted by molar-refractivity contribution is 8.00. The highest BCUT2D eigenvalue weighted by atomic mass is 32.2. The van der Waals surface area contributed by atoms with Crippen LogP contribution >= 0.6 is 11.8 Å². The number of hydrogen-bond acceptors (Lipinski definition) is 4. The van der Waals surface area contributed by atoms with Gasteiger partial charge in [-0.2, -0.15) is 4.98 Å². The minimum absolute atomic E-state index is 0.0897. The fraction of sp³-hybridized carbons (Fsp3) is 0.353. The molecule has 0 spiro atoms. The molecule has 0 saturated heterocycles. The fourth-order valence-electron chi connectivity index (χ4n) is 2.71. The van der Waals surface area contributed by atoms with Crippen molar-refractivity contribution in [1.82, 2.24) is 9.97 Å². The average molecular weight is 329 g/mol. The summed E-state index contributed by atoms with van der Waals surface area (Å²) in [6.45, 7) is 2.09. The van der Waals surface area contributed by atoms with Gasteiger partial charge in [0, 0.05) is 16.9 Å². The average Bonchev–Trinajstić information content (AvgIpc) is 3.01. The molecule has 0 radical (unpaired) electrons. The van der Waals surface area contributed by atoms with Gasteiger partial charge in [0.05, 0.1) is 5.75 Å². The van der Waals surface area contributed by atoms with Crippen molar-refractivity contribution in [2.24, 2.45) is 0 Å². The van der Waals surface area contributed by atoms with Crippen LogP contribution in [-0.4, -0.2) is 21.6 Å². The lowest BCUT2D eigenvalue weighted by molar-refractivity contribution is -0.113. The molecule has 0 atom stereocenters. The summed E-state index contributed by atoms with van der Waals surface area (Å²) >= 11 is 1.33. The maximum atomic E-state index is 12.1. The van der Waals surface area contributed by atoms with Crippen LogP contribution < -0.4 is 11.0 Å². The number of carbonyl (C=O) groups excluding carboxylic acids is 1. The van der Waals surface area contributed by atoms with E-state index < -0.39 is 0 Å². The Kier molecular flexibility index (Phi) is 4.81. The highest BCUT2D eigenvalue weighted by Gasteiger charge is 2.18. The molecule has 1 heterocycles. The maximum Gasteiger partial charge on any atom is 0.346 e. The number of aryl methyl sites for hydroxylation is 2. The second-order valence-corrected chi connectivity index (χ2v) is 6.51. The second-order valence-electron chi connectivity index (χ2n) is 5.55. The number of hydrogen-bond donors (Lipinski definition) is 2. The quantitative estimate of drug-likeness (QED) is 0.653. The third-order valence-electron chi connectivity index (χ3n) is 3.92. The van der Waals surface area contributed by atoms with Gasteiger partial charge in [-0.05, 0) is 43.4 Å². The van der Waals surface area contributed by atoms with Crippen LogP contribution in [0.1, 0.15) is 30.2 Å². The van der Waals surface area contributed by atoms with Gasteiger partial charge in [0.25, 0.3) is 0 Å². The molecule has 0 aliphatic heterocycles. The molecule has 1 amide bonds. The van der Waals surface area contributed by atoms with Gasteiger partial charge in [0.2, 0.25) is 5.91 Å². The van der Waals surface area contributed by atoms with Crippen LogP contribution in [0.15, 0.2) is 34.1 Å². The molecular weight excluding hydrogens is 310 g/mol. The number of anilines is 1. The first-order valence-electron chi connectivity index (χ1n) is 7.79. The minimum Gasteiger partial charge on any atom is -0.325 e. The predicted octanol–water partition coefficient (Wildman–Crippen LogP) is 2.55. The fourth-order valence-corrected chi connectivity index (χ4v) is 3.60. The Morgan fingerprint density at radius 2 is 2.09 bits per heavy atom. The van der Waals surface area contributed by atoms with Crippen molar-refractivity contribution in [1.29, 1.82) is 0 Å². The SMILES string of the molecule is CCc1ccc(NC(=O)CSc2nc(=O)[nH]c3c2CCC3)cc1. The van der Waals surface area contributed by atoms with Crippen LogP contribution in [0.2, 0.25) is 0 Å². The third-order valence-corrected chi connectivity index (χ3v) is 4.94. The van der Waals surface area contributed by atoms with Crippen molar-refractivity contribution in [2.75, 3.05) is 11.1 Å². The molecule has 1 aliphatic rings. The van der Waals surface area contributed by atoms with Gasteiger partial charge in [-0.25, -0.2) is 4.79 Å². The molecule has 1 aliphatic carbocycles. The molecule has 6 heteroatoms. The molecule has 23 heavy (non-hydrogen) atoms. The summed E-state index contributed by atoms with van der Waals surface area (Å²) < 4.78 is 0. The first-order chi connectivity index (χ1) is 11.2. The molecule has 0 unspecified atom stereocenters. The second kappa shape index (κ2) is 7.00. The Bertz CT molecular complexity index is 768. The topological polar surface area (TPSA) is 74.8 Å². The van der Waals surface area contributed by atoms with Crippen molar-refractivity contribution in [3.05, 3.63) is 51.6 Å². The zero-order chi connectivity index (χ0) is 16.2. The van der Waals surface area contributed by atoms with Crippen LogP contribution in [0.4, 0.5) is 5.69 Å². The Morgan fingerprint density at radius 3 is 2.83 bits per heavy atom. The lowest BCUT2D eigenvalue weighted by Gasteiger charge is -2.08. The van der Waals surface area contributed by atoms with Gasteiger partial charge in [-0.3, -0.25) is 4.79 Å². The van der Waals surface area contributed by atoms with Crippen molar-refractivity contribution in [3.8, 4) is 0 Å². The molecule has 0 bridgehead atoms. The Labute approximate surface area is 138 Å². The Balaban J connectivity index is 1.62. The molecule has 0 saturated carbocycles. The summed E-state index contributed by atoms with van der Waals surface area (Å²) in [5.41, 5.74) is 3.76. The number of fused-ring (bicyclic) bond motifs is 1. The summed E-state index contributed by atoms with van der Waals surface area (Å²) in [5.74, 6) is 0.159. The Hall–Kier alpha value is -2.08. The third kappa shape index (κ3) is 3.82. The van der Waals surface area contributed by atoms with E-state index in [0.29, 0.717) is 5.03 Å². The van der Waals surface area contributed by atoms with E-state index in [2.05, 4.69) is 22.2 Å². The van der Waals surface area contributed by atoms with E-state index in [1.807, 2.05) is 24.3 Å². The van der Waals surface area contributed by atoms with Gasteiger partial charge < -0.3 is 10.3 Å². The van der Waals surface area contributed by atoms with Gasteiger partial charge in [-0.15, -0.1) is 0 Å². The normalized spacial score (nSPS) is 12.9. The Morgan fingerprint density at radius 1 is 1.30 bits per heavy atom. The lowest BCUT2D eigenvalue weighted by atomic mass is 10.1. The van der Waals surface area contributed by atoms with Crippen LogP contribution in [0, 0.1) is 0 Å². The minimum atomic E-state index is -0.330. The summed E-state index contributed by atoms with van der Waals surface area (Å²) in [5, 5.41) is 3.56. The van der Waals surface area contributed by atoms with Gasteiger partial charge in [0.1, 0.15) is 5.03 Å². The van der Waals surface area contributed by atoms with E-state index in [-0.39, 0.29) is 17.3 Å². The predicted molar refractivity (Wildman–Crippen MR) is 92.1 cm³/mol. The number of H-pyrrole nitrogens is 1. The summed E-state index contributed by atoms with van der Waals surface area (Å²) in [6, 6.07) is 7.83. The molecular formula is C17H19N3O2S. The van der Waals surface area contributed by atoms with Crippen molar-refractivity contribution < 1.29 is 4.79 Å². The number of thioether (sulfide) groups is 1. The first-order valence-corrected chi connectivity index (χ1v) is 8.78. The molecule has 3 rings (SSSR count). The highest BCUT2D eigenvalue weighted by Crippen LogP contribution is 2.27. The monoisotopic (exact) mass is 329 g/mol. The van der Waals surface area contributed by atoms with E-state index in [1.54, 1.807) is 0 Å². The number of nitrogens with one attached hydrogen (secondary N) is 2. The largest absolute Gasteiger partial charge is 0.346 e. The molecule has 1 aromatic carbocycles. The molecule has 0 fully saturated rings. The summed E-state index contributed by atoms with van der Waals surface area (Å²) in [6.07, 6.45) is 3.81. The lowest BCUT2D eigenvalue weighted by Crippen LogP contribution is -2.17. The number of nitrogens with zero attached hydrogens (tertiary/aromatic N) is 1. The molecule has 2 N–H and O–H groups in total. The van der Waals surface area contributed by atoms with E-state index in [4.69, 9.17) is 0 Å². The van der Waals surface area contributed by atoms with Crippen LogP contribution in [0.3, 0.4) is 0 Å². The maximum absolute atomic E-state index is 12.1. The summed E-state index contributed by atoms with van der Waals surface area (Å²) in [7, 11) is 0. The number of carbonyl (C=O) groups is 1. The summed E-state index contributed by atoms with van der Waals surface area (Å²) in [4.78, 5) is 30.4.